The first-order chi connectivity index (χ1) is 9.56. The van der Waals surface area contributed by atoms with Crippen LogP contribution in [-0.4, -0.2) is 31.9 Å². The third-order valence-electron chi connectivity index (χ3n) is 3.39. The molecular weight excluding hydrogens is 321 g/mol. The fourth-order valence-electron chi connectivity index (χ4n) is 2.21. The van der Waals surface area contributed by atoms with E-state index in [1.54, 1.807) is 12.1 Å². The van der Waals surface area contributed by atoms with Crippen molar-refractivity contribution in [3.63, 3.8) is 0 Å². The zero-order valence-corrected chi connectivity index (χ0v) is 13.7. The van der Waals surface area contributed by atoms with E-state index >= 15 is 0 Å². The van der Waals surface area contributed by atoms with Gasteiger partial charge >= 0.3 is 0 Å². The number of halogens is 3. The van der Waals surface area contributed by atoms with Crippen molar-refractivity contribution in [3.05, 3.63) is 27.2 Å². The van der Waals surface area contributed by atoms with Gasteiger partial charge in [-0.3, -0.25) is 0 Å². The zero-order chi connectivity index (χ0) is 14.7. The predicted molar refractivity (Wildman–Crippen MR) is 83.4 cm³/mol. The first-order valence-electron chi connectivity index (χ1n) is 6.66. The third-order valence-corrected chi connectivity index (χ3v) is 4.41. The molecule has 1 saturated carbocycles. The Morgan fingerprint density at radius 3 is 2.55 bits per heavy atom. The average molecular weight is 339 g/mol. The molecule has 0 aliphatic heterocycles. The molecule has 3 nitrogen and oxygen atoms in total. The lowest BCUT2D eigenvalue weighted by Crippen LogP contribution is -2.60. The molecule has 0 spiro atoms. The summed E-state index contributed by atoms with van der Waals surface area (Å²) in [4.78, 5) is 0. The van der Waals surface area contributed by atoms with Crippen molar-refractivity contribution in [3.8, 4) is 5.75 Å². The van der Waals surface area contributed by atoms with E-state index in [4.69, 9.17) is 44.3 Å². The fourth-order valence-corrected chi connectivity index (χ4v) is 2.80. The van der Waals surface area contributed by atoms with Crippen LogP contribution in [0, 0.1) is 0 Å². The second-order valence-corrected chi connectivity index (χ2v) is 6.04. The van der Waals surface area contributed by atoms with Crippen LogP contribution in [0.4, 0.5) is 0 Å². The topological polar surface area (TPSA) is 30.5 Å². The molecule has 1 fully saturated rings. The van der Waals surface area contributed by atoms with E-state index in [0.29, 0.717) is 26.9 Å². The number of hydrogen-bond donors (Lipinski definition) is 1. The Hall–Kier alpha value is -0.190. The van der Waals surface area contributed by atoms with Gasteiger partial charge in [0.05, 0.1) is 15.1 Å². The van der Waals surface area contributed by atoms with Gasteiger partial charge < -0.3 is 14.8 Å². The van der Waals surface area contributed by atoms with Crippen molar-refractivity contribution in [2.24, 2.45) is 0 Å². The van der Waals surface area contributed by atoms with Crippen LogP contribution < -0.4 is 10.1 Å². The van der Waals surface area contributed by atoms with Crippen LogP contribution in [0.2, 0.25) is 15.1 Å². The first-order valence-corrected chi connectivity index (χ1v) is 7.80. The third kappa shape index (κ3) is 3.52. The van der Waals surface area contributed by atoms with Gasteiger partial charge in [-0.1, -0.05) is 41.7 Å². The molecule has 1 N–H and O–H groups in total. The minimum absolute atomic E-state index is 0.0197. The van der Waals surface area contributed by atoms with E-state index in [9.17, 15) is 0 Å². The van der Waals surface area contributed by atoms with E-state index in [-0.39, 0.29) is 12.2 Å². The molecule has 0 bridgehead atoms. The Labute approximate surface area is 134 Å². The highest BCUT2D eigenvalue weighted by Crippen LogP contribution is 2.37. The predicted octanol–water partition coefficient (Wildman–Crippen LogP) is 4.18. The van der Waals surface area contributed by atoms with Crippen LogP contribution in [0.25, 0.3) is 0 Å². The molecule has 3 atom stereocenters. The molecular formula is C14H18Cl3NO2. The number of hydrogen-bond acceptors (Lipinski definition) is 3. The Balaban J connectivity index is 2.04. The van der Waals surface area contributed by atoms with E-state index in [2.05, 4.69) is 12.2 Å². The number of nitrogens with one attached hydrogen (secondary N) is 1. The van der Waals surface area contributed by atoms with Gasteiger partial charge in [0.1, 0.15) is 18.0 Å². The van der Waals surface area contributed by atoms with Crippen molar-refractivity contribution in [1.82, 2.24) is 5.32 Å². The summed E-state index contributed by atoms with van der Waals surface area (Å²) in [7, 11) is 1.93. The van der Waals surface area contributed by atoms with Gasteiger partial charge in [0.25, 0.3) is 0 Å². The van der Waals surface area contributed by atoms with Gasteiger partial charge in [0, 0.05) is 25.1 Å². The SMILES string of the molecule is CCCOC1C(NC)CC1Oc1cc(Cl)c(Cl)cc1Cl. The lowest BCUT2D eigenvalue weighted by atomic mass is 9.85. The summed E-state index contributed by atoms with van der Waals surface area (Å²) < 4.78 is 11.7. The van der Waals surface area contributed by atoms with E-state index < -0.39 is 0 Å². The maximum atomic E-state index is 6.12. The van der Waals surface area contributed by atoms with Gasteiger partial charge in [-0.2, -0.15) is 0 Å². The molecule has 2 rings (SSSR count). The van der Waals surface area contributed by atoms with Gasteiger partial charge in [-0.25, -0.2) is 0 Å². The summed E-state index contributed by atoms with van der Waals surface area (Å²) >= 11 is 18.0. The van der Waals surface area contributed by atoms with E-state index in [1.807, 2.05) is 7.05 Å². The minimum Gasteiger partial charge on any atom is -0.486 e. The van der Waals surface area contributed by atoms with Crippen molar-refractivity contribution >= 4 is 34.8 Å². The van der Waals surface area contributed by atoms with Crippen LogP contribution in [-0.2, 0) is 4.74 Å². The van der Waals surface area contributed by atoms with Gasteiger partial charge in [-0.05, 0) is 19.5 Å². The molecule has 3 unspecified atom stereocenters. The molecule has 1 aromatic carbocycles. The fraction of sp³-hybridized carbons (Fsp3) is 0.571. The highest BCUT2D eigenvalue weighted by Gasteiger charge is 2.43. The van der Waals surface area contributed by atoms with Crippen molar-refractivity contribution in [1.29, 1.82) is 0 Å². The Kier molecular flexibility index (Phi) is 5.82. The second-order valence-electron chi connectivity index (χ2n) is 4.82. The van der Waals surface area contributed by atoms with Gasteiger partial charge in [0.15, 0.2) is 0 Å². The zero-order valence-electron chi connectivity index (χ0n) is 11.5. The average Bonchev–Trinajstić information content (AvgIpc) is 2.40. The molecule has 0 radical (unpaired) electrons. The summed E-state index contributed by atoms with van der Waals surface area (Å²) in [5.74, 6) is 0.547. The summed E-state index contributed by atoms with van der Waals surface area (Å²) in [5.41, 5.74) is 0. The monoisotopic (exact) mass is 337 g/mol. The normalized spacial score (nSPS) is 25.4. The smallest absolute Gasteiger partial charge is 0.140 e. The van der Waals surface area contributed by atoms with Crippen LogP contribution in [0.15, 0.2) is 12.1 Å². The van der Waals surface area contributed by atoms with Crippen molar-refractivity contribution in [2.75, 3.05) is 13.7 Å². The highest BCUT2D eigenvalue weighted by molar-refractivity contribution is 6.43. The number of ether oxygens (including phenoxy) is 2. The highest BCUT2D eigenvalue weighted by atomic mass is 35.5. The molecule has 6 heteroatoms. The molecule has 112 valence electrons. The minimum atomic E-state index is -0.0197. The van der Waals surface area contributed by atoms with Gasteiger partial charge in [0.2, 0.25) is 0 Å². The number of benzene rings is 1. The lowest BCUT2D eigenvalue weighted by molar-refractivity contribution is -0.106. The van der Waals surface area contributed by atoms with Crippen LogP contribution in [0.5, 0.6) is 5.75 Å². The lowest BCUT2D eigenvalue weighted by Gasteiger charge is -2.43. The van der Waals surface area contributed by atoms with Crippen molar-refractivity contribution < 1.29 is 9.47 Å². The second kappa shape index (κ2) is 7.19. The quantitative estimate of drug-likeness (QED) is 0.789. The summed E-state index contributed by atoms with van der Waals surface area (Å²) in [6.45, 7) is 2.80. The molecule has 0 amide bonds. The Bertz CT molecular complexity index is 470. The summed E-state index contributed by atoms with van der Waals surface area (Å²) in [6.07, 6.45) is 1.87. The van der Waals surface area contributed by atoms with Crippen molar-refractivity contribution in [2.45, 2.75) is 38.0 Å². The van der Waals surface area contributed by atoms with Crippen LogP contribution in [0.3, 0.4) is 0 Å². The first kappa shape index (κ1) is 16.2. The largest absolute Gasteiger partial charge is 0.486 e. The maximum Gasteiger partial charge on any atom is 0.140 e. The standard InChI is InChI=1S/C14H18Cl3NO2/c1-3-4-19-14-11(18-2)7-13(14)20-12-6-9(16)8(15)5-10(12)17/h5-6,11,13-14,18H,3-4,7H2,1-2H3. The molecule has 20 heavy (non-hydrogen) atoms. The molecule has 1 aliphatic carbocycles. The van der Waals surface area contributed by atoms with Gasteiger partial charge in [-0.15, -0.1) is 0 Å². The van der Waals surface area contributed by atoms with E-state index in [0.717, 1.165) is 19.4 Å². The van der Waals surface area contributed by atoms with Crippen LogP contribution >= 0.6 is 34.8 Å². The Morgan fingerprint density at radius 2 is 1.90 bits per heavy atom. The molecule has 0 aromatic heterocycles. The molecule has 0 heterocycles. The summed E-state index contributed by atoms with van der Waals surface area (Å²) in [5, 5.41) is 4.54. The maximum absolute atomic E-state index is 6.12. The summed E-state index contributed by atoms with van der Waals surface area (Å²) in [6, 6.07) is 3.56. The number of rotatable bonds is 6. The molecule has 0 saturated heterocycles. The van der Waals surface area contributed by atoms with Crippen LogP contribution in [0.1, 0.15) is 19.8 Å². The Morgan fingerprint density at radius 1 is 1.20 bits per heavy atom. The molecule has 1 aromatic rings. The van der Waals surface area contributed by atoms with E-state index in [1.165, 1.54) is 0 Å². The number of likely N-dealkylation sites (N-methyl/N-ethyl adjacent to an activating group) is 1. The molecule has 1 aliphatic rings.